The highest BCUT2D eigenvalue weighted by Crippen LogP contribution is 2.17. The first-order valence-corrected chi connectivity index (χ1v) is 10.4. The minimum atomic E-state index is -3.42. The van der Waals surface area contributed by atoms with Crippen molar-refractivity contribution in [2.45, 2.75) is 44.6 Å². The molecule has 0 radical (unpaired) electrons. The predicted molar refractivity (Wildman–Crippen MR) is 106 cm³/mol. The zero-order chi connectivity index (χ0) is 18.4. The van der Waals surface area contributed by atoms with Crippen molar-refractivity contribution in [3.8, 4) is 0 Å². The highest BCUT2D eigenvalue weighted by atomic mass is 35.5. The van der Waals surface area contributed by atoms with E-state index in [0.29, 0.717) is 30.8 Å². The second-order valence-corrected chi connectivity index (χ2v) is 8.31. The molecular formula is C18H30ClN3O3S. The molecule has 26 heavy (non-hydrogen) atoms. The largest absolute Gasteiger partial charge is 0.337 e. The van der Waals surface area contributed by atoms with E-state index in [4.69, 9.17) is 0 Å². The van der Waals surface area contributed by atoms with Gasteiger partial charge in [0.15, 0.2) is 0 Å². The van der Waals surface area contributed by atoms with Gasteiger partial charge in [0.05, 0.1) is 4.90 Å². The summed E-state index contributed by atoms with van der Waals surface area (Å²) < 4.78 is 26.4. The van der Waals surface area contributed by atoms with E-state index in [-0.39, 0.29) is 24.4 Å². The van der Waals surface area contributed by atoms with Crippen molar-refractivity contribution in [3.63, 3.8) is 0 Å². The fourth-order valence-electron chi connectivity index (χ4n) is 3.15. The van der Waals surface area contributed by atoms with Crippen LogP contribution in [0.5, 0.6) is 0 Å². The Labute approximate surface area is 163 Å². The predicted octanol–water partition coefficient (Wildman–Crippen LogP) is 1.89. The summed E-state index contributed by atoms with van der Waals surface area (Å²) in [5.41, 5.74) is 0.981. The van der Waals surface area contributed by atoms with Gasteiger partial charge in [0.1, 0.15) is 0 Å². The molecule has 1 heterocycles. The number of sulfonamides is 1. The fraction of sp³-hybridized carbons (Fsp3) is 0.611. The maximum atomic E-state index is 12.5. The average molecular weight is 404 g/mol. The summed E-state index contributed by atoms with van der Waals surface area (Å²) in [6.45, 7) is 9.06. The van der Waals surface area contributed by atoms with Crippen molar-refractivity contribution in [1.82, 2.24) is 14.5 Å². The van der Waals surface area contributed by atoms with Crippen molar-refractivity contribution in [2.75, 3.05) is 32.7 Å². The number of carbonyl (C=O) groups excluding carboxylic acids is 1. The molecule has 0 aliphatic carbocycles. The number of nitrogens with one attached hydrogen (secondary N) is 1. The average Bonchev–Trinajstić information content (AvgIpc) is 2.61. The van der Waals surface area contributed by atoms with Gasteiger partial charge in [-0.25, -0.2) is 8.42 Å². The maximum absolute atomic E-state index is 12.5. The lowest BCUT2D eigenvalue weighted by molar-refractivity contribution is -0.133. The van der Waals surface area contributed by atoms with E-state index in [0.717, 1.165) is 25.2 Å². The van der Waals surface area contributed by atoms with Gasteiger partial charge >= 0.3 is 0 Å². The Balaban J connectivity index is 0.00000338. The van der Waals surface area contributed by atoms with Crippen LogP contribution in [0.3, 0.4) is 0 Å². The van der Waals surface area contributed by atoms with E-state index in [1.54, 1.807) is 12.1 Å². The molecule has 8 heteroatoms. The van der Waals surface area contributed by atoms with E-state index in [1.165, 1.54) is 4.31 Å². The van der Waals surface area contributed by atoms with E-state index < -0.39 is 10.0 Å². The van der Waals surface area contributed by atoms with Gasteiger partial charge in [-0.15, -0.1) is 12.4 Å². The zero-order valence-corrected chi connectivity index (χ0v) is 17.4. The van der Waals surface area contributed by atoms with Gasteiger partial charge in [0, 0.05) is 45.2 Å². The van der Waals surface area contributed by atoms with Gasteiger partial charge in [0.25, 0.3) is 0 Å². The molecule has 1 saturated heterocycles. The molecule has 1 aliphatic rings. The van der Waals surface area contributed by atoms with Crippen LogP contribution in [-0.4, -0.2) is 62.3 Å². The van der Waals surface area contributed by atoms with Crippen molar-refractivity contribution < 1.29 is 13.2 Å². The number of rotatable bonds is 7. The Morgan fingerprint density at radius 3 is 2.38 bits per heavy atom. The number of piperazine rings is 1. The number of hydrogen-bond acceptors (Lipinski definition) is 4. The van der Waals surface area contributed by atoms with Crippen molar-refractivity contribution in [2.24, 2.45) is 0 Å². The zero-order valence-electron chi connectivity index (χ0n) is 15.8. The smallest absolute Gasteiger partial charge is 0.243 e. The van der Waals surface area contributed by atoms with Crippen molar-refractivity contribution >= 4 is 28.3 Å². The van der Waals surface area contributed by atoms with E-state index in [2.05, 4.69) is 12.2 Å². The third-order valence-electron chi connectivity index (χ3n) is 4.72. The fourth-order valence-corrected chi connectivity index (χ4v) is 4.61. The molecule has 1 aromatic carbocycles. The second kappa shape index (κ2) is 10.3. The molecule has 1 N–H and O–H groups in total. The minimum Gasteiger partial charge on any atom is -0.337 e. The van der Waals surface area contributed by atoms with Gasteiger partial charge in [-0.2, -0.15) is 4.31 Å². The molecule has 1 amide bonds. The Bertz CT molecular complexity index is 675. The molecule has 1 aromatic rings. The SMILES string of the molecule is CCN(CC)S(=O)(=O)c1ccc(CCC(=O)N2CCNC[C@H]2C)cc1.Cl. The van der Waals surface area contributed by atoms with Crippen molar-refractivity contribution in [3.05, 3.63) is 29.8 Å². The molecule has 1 atom stereocenters. The molecule has 0 unspecified atom stereocenters. The lowest BCUT2D eigenvalue weighted by Crippen LogP contribution is -2.52. The third kappa shape index (κ3) is 5.42. The van der Waals surface area contributed by atoms with Gasteiger partial charge in [-0.1, -0.05) is 26.0 Å². The highest BCUT2D eigenvalue weighted by molar-refractivity contribution is 7.89. The molecule has 1 fully saturated rings. The molecule has 0 aromatic heterocycles. The lowest BCUT2D eigenvalue weighted by Gasteiger charge is -2.34. The molecular weight excluding hydrogens is 374 g/mol. The van der Waals surface area contributed by atoms with Crippen LogP contribution in [0, 0.1) is 0 Å². The van der Waals surface area contributed by atoms with Gasteiger partial charge in [-0.3, -0.25) is 4.79 Å². The second-order valence-electron chi connectivity index (χ2n) is 6.37. The summed E-state index contributed by atoms with van der Waals surface area (Å²) in [5, 5.41) is 3.28. The van der Waals surface area contributed by atoms with Crippen LogP contribution in [0.1, 0.15) is 32.8 Å². The minimum absolute atomic E-state index is 0. The van der Waals surface area contributed by atoms with E-state index in [1.807, 2.05) is 30.9 Å². The maximum Gasteiger partial charge on any atom is 0.243 e. The molecule has 0 bridgehead atoms. The van der Waals surface area contributed by atoms with Gasteiger partial charge < -0.3 is 10.2 Å². The third-order valence-corrected chi connectivity index (χ3v) is 6.78. The summed E-state index contributed by atoms with van der Waals surface area (Å²) in [4.78, 5) is 14.6. The van der Waals surface area contributed by atoms with Crippen LogP contribution < -0.4 is 5.32 Å². The first-order valence-electron chi connectivity index (χ1n) is 8.99. The van der Waals surface area contributed by atoms with Crippen LogP contribution in [0.2, 0.25) is 0 Å². The summed E-state index contributed by atoms with van der Waals surface area (Å²) in [7, 11) is -3.42. The summed E-state index contributed by atoms with van der Waals surface area (Å²) in [5.74, 6) is 0.161. The lowest BCUT2D eigenvalue weighted by atomic mass is 10.1. The van der Waals surface area contributed by atoms with Gasteiger partial charge in [0.2, 0.25) is 15.9 Å². The number of halogens is 1. The number of benzene rings is 1. The molecule has 6 nitrogen and oxygen atoms in total. The Morgan fingerprint density at radius 2 is 1.85 bits per heavy atom. The quantitative estimate of drug-likeness (QED) is 0.754. The number of carbonyl (C=O) groups is 1. The molecule has 1 aliphatic heterocycles. The van der Waals surface area contributed by atoms with Crippen LogP contribution in [0.15, 0.2) is 29.2 Å². The number of aryl methyl sites for hydroxylation is 1. The molecule has 0 spiro atoms. The first kappa shape index (κ1) is 22.9. The van der Waals surface area contributed by atoms with E-state index in [9.17, 15) is 13.2 Å². The Hall–Kier alpha value is -1.15. The van der Waals surface area contributed by atoms with Gasteiger partial charge in [-0.05, 0) is 31.0 Å². The van der Waals surface area contributed by atoms with Crippen LogP contribution >= 0.6 is 12.4 Å². The normalized spacial score (nSPS) is 17.8. The molecule has 0 saturated carbocycles. The van der Waals surface area contributed by atoms with Crippen LogP contribution in [0.25, 0.3) is 0 Å². The molecule has 148 valence electrons. The monoisotopic (exact) mass is 403 g/mol. The van der Waals surface area contributed by atoms with Crippen LogP contribution in [0.4, 0.5) is 0 Å². The highest BCUT2D eigenvalue weighted by Gasteiger charge is 2.23. The topological polar surface area (TPSA) is 69.7 Å². The number of nitrogens with zero attached hydrogens (tertiary/aromatic N) is 2. The number of hydrogen-bond donors (Lipinski definition) is 1. The summed E-state index contributed by atoms with van der Waals surface area (Å²) in [6.07, 6.45) is 1.08. The standard InChI is InChI=1S/C18H29N3O3S.ClH/c1-4-20(5-2)25(23,24)17-9-6-16(7-10-17)8-11-18(22)21-13-12-19-14-15(21)3;/h6-7,9-10,15,19H,4-5,8,11-14H2,1-3H3;1H/t15-;/m1./s1. The Morgan fingerprint density at radius 1 is 1.23 bits per heavy atom. The van der Waals surface area contributed by atoms with Crippen molar-refractivity contribution in [1.29, 1.82) is 0 Å². The summed E-state index contributed by atoms with van der Waals surface area (Å²) >= 11 is 0. The first-order chi connectivity index (χ1) is 11.9. The number of amides is 1. The van der Waals surface area contributed by atoms with Crippen LogP contribution in [-0.2, 0) is 21.2 Å². The summed E-state index contributed by atoms with van der Waals surface area (Å²) in [6, 6.07) is 7.13. The van der Waals surface area contributed by atoms with E-state index >= 15 is 0 Å². The Kier molecular flexibility index (Phi) is 9.03. The molecule has 2 rings (SSSR count).